The normalized spacial score (nSPS) is 10.9. The summed E-state index contributed by atoms with van der Waals surface area (Å²) in [7, 11) is -3.00. The number of benzene rings is 2. The lowest BCUT2D eigenvalue weighted by Crippen LogP contribution is -1.98. The molecule has 0 N–H and O–H groups in total. The molecule has 0 amide bonds. The second-order valence-electron chi connectivity index (χ2n) is 4.99. The maximum absolute atomic E-state index is 12.2. The molecule has 0 aliphatic heterocycles. The van der Waals surface area contributed by atoms with Crippen molar-refractivity contribution in [2.45, 2.75) is 25.9 Å². The van der Waals surface area contributed by atoms with Crippen molar-refractivity contribution in [3.63, 3.8) is 0 Å². The molecule has 2 aromatic rings. The second kappa shape index (κ2) is 12.0. The van der Waals surface area contributed by atoms with Crippen molar-refractivity contribution >= 4 is 42.4 Å². The molecule has 0 saturated heterocycles. The molecule has 7 heteroatoms. The van der Waals surface area contributed by atoms with Crippen LogP contribution < -0.4 is 0 Å². The van der Waals surface area contributed by atoms with Gasteiger partial charge in [-0.05, 0) is 49.2 Å². The van der Waals surface area contributed by atoms with Crippen LogP contribution in [0.25, 0.3) is 0 Å². The van der Waals surface area contributed by atoms with Crippen LogP contribution in [-0.4, -0.2) is 13.2 Å². The first-order valence-electron chi connectivity index (χ1n) is 7.85. The molecule has 0 spiro atoms. The van der Waals surface area contributed by atoms with Gasteiger partial charge in [-0.1, -0.05) is 47.5 Å². The molecule has 3 nitrogen and oxygen atoms in total. The molecule has 0 saturated carbocycles. The van der Waals surface area contributed by atoms with Crippen LogP contribution in [0.2, 0.25) is 10.0 Å². The molecule has 2 rings (SSSR count). The van der Waals surface area contributed by atoms with E-state index in [2.05, 4.69) is 0 Å². The van der Waals surface area contributed by atoms with Crippen LogP contribution in [0.3, 0.4) is 0 Å². The van der Waals surface area contributed by atoms with Crippen molar-refractivity contribution in [3.05, 3.63) is 69.7 Å². The molecule has 0 atom stereocenters. The lowest BCUT2D eigenvalue weighted by atomic mass is 10.2. The Morgan fingerprint density at radius 3 is 1.56 bits per heavy atom. The highest BCUT2D eigenvalue weighted by atomic mass is 35.5. The van der Waals surface area contributed by atoms with Gasteiger partial charge in [0.05, 0.1) is 19.4 Å². The molecule has 2 aromatic carbocycles. The summed E-state index contributed by atoms with van der Waals surface area (Å²) in [6.45, 7) is 4.36. The van der Waals surface area contributed by atoms with E-state index in [4.69, 9.17) is 43.9 Å². The third-order valence-electron chi connectivity index (χ3n) is 3.01. The second-order valence-corrected chi connectivity index (χ2v) is 8.19. The molecule has 0 bridgehead atoms. The SMILES string of the molecule is CCOP(=O)(Cc1ccc(Cl)cc1)OCC.ClCc1ccc(Cl)cc1. The minimum Gasteiger partial charge on any atom is -0.309 e. The molecule has 25 heavy (non-hydrogen) atoms. The van der Waals surface area contributed by atoms with Crippen LogP contribution in [0, 0.1) is 0 Å². The Hall–Kier alpha value is -0.540. The number of hydrogen-bond acceptors (Lipinski definition) is 3. The van der Waals surface area contributed by atoms with Crippen LogP contribution in [0.5, 0.6) is 0 Å². The number of alkyl halides is 1. The molecule has 0 aliphatic rings. The first-order valence-corrected chi connectivity index (χ1v) is 10.9. The molecule has 138 valence electrons. The summed E-state index contributed by atoms with van der Waals surface area (Å²) in [6, 6.07) is 14.7. The van der Waals surface area contributed by atoms with E-state index in [1.165, 1.54) is 0 Å². The first-order chi connectivity index (χ1) is 11.9. The van der Waals surface area contributed by atoms with Crippen LogP contribution in [0.1, 0.15) is 25.0 Å². The number of halogens is 3. The topological polar surface area (TPSA) is 35.5 Å². The summed E-state index contributed by atoms with van der Waals surface area (Å²) in [5.74, 6) is 0.553. The molecular formula is C18H22Cl3O3P. The fourth-order valence-electron chi connectivity index (χ4n) is 1.91. The van der Waals surface area contributed by atoms with Crippen molar-refractivity contribution in [2.75, 3.05) is 13.2 Å². The highest BCUT2D eigenvalue weighted by Crippen LogP contribution is 2.51. The highest BCUT2D eigenvalue weighted by Gasteiger charge is 2.23. The maximum atomic E-state index is 12.2. The van der Waals surface area contributed by atoms with Gasteiger partial charge in [-0.25, -0.2) is 0 Å². The van der Waals surface area contributed by atoms with Gasteiger partial charge in [0.15, 0.2) is 0 Å². The van der Waals surface area contributed by atoms with Crippen LogP contribution in [-0.2, 0) is 25.7 Å². The van der Waals surface area contributed by atoms with Gasteiger partial charge in [-0.15, -0.1) is 11.6 Å². The number of hydrogen-bond donors (Lipinski definition) is 0. The molecule has 0 radical (unpaired) electrons. The van der Waals surface area contributed by atoms with Crippen molar-refractivity contribution in [2.24, 2.45) is 0 Å². The zero-order chi connectivity index (χ0) is 18.7. The maximum Gasteiger partial charge on any atom is 0.335 e. The molecule has 0 heterocycles. The molecule has 0 fully saturated rings. The minimum atomic E-state index is -3.00. The van der Waals surface area contributed by atoms with E-state index < -0.39 is 7.60 Å². The van der Waals surface area contributed by atoms with Crippen LogP contribution in [0.4, 0.5) is 0 Å². The third-order valence-corrected chi connectivity index (χ3v) is 5.88. The predicted molar refractivity (Wildman–Crippen MR) is 107 cm³/mol. The van der Waals surface area contributed by atoms with Crippen molar-refractivity contribution in [1.82, 2.24) is 0 Å². The highest BCUT2D eigenvalue weighted by molar-refractivity contribution is 7.53. The Balaban J connectivity index is 0.000000293. The van der Waals surface area contributed by atoms with Crippen LogP contribution in [0.15, 0.2) is 48.5 Å². The van der Waals surface area contributed by atoms with Gasteiger partial charge in [0, 0.05) is 15.9 Å². The van der Waals surface area contributed by atoms with Gasteiger partial charge in [0.1, 0.15) is 0 Å². The quantitative estimate of drug-likeness (QED) is 0.349. The van der Waals surface area contributed by atoms with Gasteiger partial charge in [-0.3, -0.25) is 4.57 Å². The fraction of sp³-hybridized carbons (Fsp3) is 0.333. The average molecular weight is 424 g/mol. The van der Waals surface area contributed by atoms with E-state index in [-0.39, 0.29) is 6.16 Å². The van der Waals surface area contributed by atoms with E-state index in [0.717, 1.165) is 16.1 Å². The molecule has 0 unspecified atom stereocenters. The van der Waals surface area contributed by atoms with Crippen molar-refractivity contribution in [3.8, 4) is 0 Å². The van der Waals surface area contributed by atoms with Gasteiger partial charge in [0.2, 0.25) is 0 Å². The Morgan fingerprint density at radius 2 is 1.20 bits per heavy atom. The Morgan fingerprint density at radius 1 is 0.800 bits per heavy atom. The third kappa shape index (κ3) is 9.10. The summed E-state index contributed by atoms with van der Waals surface area (Å²) >= 11 is 16.9. The van der Waals surface area contributed by atoms with Gasteiger partial charge in [0.25, 0.3) is 0 Å². The van der Waals surface area contributed by atoms with E-state index in [1.54, 1.807) is 26.0 Å². The summed E-state index contributed by atoms with van der Waals surface area (Å²) in [4.78, 5) is 0. The predicted octanol–water partition coefficient (Wildman–Crippen LogP) is 7.18. The summed E-state index contributed by atoms with van der Waals surface area (Å²) in [5.41, 5.74) is 2.00. The fourth-order valence-corrected chi connectivity index (χ4v) is 4.04. The van der Waals surface area contributed by atoms with E-state index in [9.17, 15) is 4.57 Å². The molecular weight excluding hydrogens is 402 g/mol. The summed E-state index contributed by atoms with van der Waals surface area (Å²) < 4.78 is 22.6. The van der Waals surface area contributed by atoms with Gasteiger partial charge >= 0.3 is 7.60 Å². The zero-order valence-corrected chi connectivity index (χ0v) is 17.4. The van der Waals surface area contributed by atoms with Gasteiger partial charge < -0.3 is 9.05 Å². The monoisotopic (exact) mass is 422 g/mol. The van der Waals surface area contributed by atoms with E-state index in [1.807, 2.05) is 36.4 Å². The average Bonchev–Trinajstić information content (AvgIpc) is 2.59. The Labute approximate surface area is 164 Å². The Kier molecular flexibility index (Phi) is 10.8. The minimum absolute atomic E-state index is 0.284. The number of rotatable bonds is 7. The summed E-state index contributed by atoms with van der Waals surface area (Å²) in [6.07, 6.45) is 0.284. The molecule has 0 aliphatic carbocycles. The lowest BCUT2D eigenvalue weighted by molar-refractivity contribution is 0.219. The zero-order valence-electron chi connectivity index (χ0n) is 14.3. The van der Waals surface area contributed by atoms with Crippen molar-refractivity contribution < 1.29 is 13.6 Å². The standard InChI is InChI=1S/C11H16ClO3P.C7H6Cl2/c1-3-14-16(13,15-4-2)9-10-5-7-11(12)8-6-10;8-5-6-1-3-7(9)4-2-6/h5-8H,3-4,9H2,1-2H3;1-4H,5H2. The largest absolute Gasteiger partial charge is 0.335 e. The lowest BCUT2D eigenvalue weighted by Gasteiger charge is -2.16. The Bertz CT molecular complexity index is 650. The van der Waals surface area contributed by atoms with Crippen molar-refractivity contribution in [1.29, 1.82) is 0 Å². The van der Waals surface area contributed by atoms with Gasteiger partial charge in [-0.2, -0.15) is 0 Å². The molecule has 0 aromatic heterocycles. The van der Waals surface area contributed by atoms with Crippen LogP contribution >= 0.6 is 42.4 Å². The van der Waals surface area contributed by atoms with E-state index in [0.29, 0.717) is 24.1 Å². The summed E-state index contributed by atoms with van der Waals surface area (Å²) in [5, 5.41) is 1.41. The van der Waals surface area contributed by atoms with E-state index >= 15 is 0 Å². The first kappa shape index (κ1) is 22.5. The smallest absolute Gasteiger partial charge is 0.309 e.